The normalized spacial score (nSPS) is 12.9. The van der Waals surface area contributed by atoms with Gasteiger partial charge in [-0.25, -0.2) is 4.39 Å². The number of carbonyl (C=O) groups is 1. The Hall–Kier alpha value is -3.81. The summed E-state index contributed by atoms with van der Waals surface area (Å²) in [5.41, 5.74) is 2.16. The minimum Gasteiger partial charge on any atom is -0.486 e. The van der Waals surface area contributed by atoms with Gasteiger partial charge in [-0.05, 0) is 48.9 Å². The van der Waals surface area contributed by atoms with E-state index in [1.54, 1.807) is 47.0 Å². The van der Waals surface area contributed by atoms with E-state index in [2.05, 4.69) is 5.32 Å². The highest BCUT2D eigenvalue weighted by Crippen LogP contribution is 2.32. The van der Waals surface area contributed by atoms with Crippen molar-refractivity contribution in [2.24, 2.45) is 0 Å². The van der Waals surface area contributed by atoms with E-state index in [1.165, 1.54) is 16.7 Å². The summed E-state index contributed by atoms with van der Waals surface area (Å²) in [5, 5.41) is 2.84. The van der Waals surface area contributed by atoms with Gasteiger partial charge in [0, 0.05) is 30.9 Å². The number of fused-ring (bicyclic) bond motifs is 4. The maximum atomic E-state index is 13.9. The molecule has 1 N–H and O–H groups in total. The van der Waals surface area contributed by atoms with Crippen molar-refractivity contribution >= 4 is 28.1 Å². The molecule has 0 unspecified atom stereocenters. The number of aryl methyl sites for hydroxylation is 1. The van der Waals surface area contributed by atoms with Gasteiger partial charge in [-0.15, -0.1) is 0 Å². The number of hydrogen-bond acceptors (Lipinski definition) is 4. The maximum absolute atomic E-state index is 13.9. The average Bonchev–Trinajstić information content (AvgIpc) is 3.26. The number of anilines is 1. The van der Waals surface area contributed by atoms with Crippen molar-refractivity contribution in [2.45, 2.75) is 19.4 Å². The van der Waals surface area contributed by atoms with Gasteiger partial charge in [-0.3, -0.25) is 9.59 Å². The Bertz CT molecular complexity index is 1360. The highest BCUT2D eigenvalue weighted by molar-refractivity contribution is 5.91. The summed E-state index contributed by atoms with van der Waals surface area (Å²) in [5.74, 6) is 0.667. The van der Waals surface area contributed by atoms with Crippen LogP contribution in [0.1, 0.15) is 12.8 Å². The molecule has 4 aromatic rings. The summed E-state index contributed by atoms with van der Waals surface area (Å²) in [6.45, 7) is 1.28. The fourth-order valence-electron chi connectivity index (χ4n) is 3.89. The summed E-state index contributed by atoms with van der Waals surface area (Å²) in [4.78, 5) is 25.3. The molecular weight excluding hydrogens is 401 g/mol. The SMILES string of the molecule is O=C(CCCn1c(=O)c2cccn2c2ccc(F)cc21)Nc1ccc2c(c1)OCCO2. The summed E-state index contributed by atoms with van der Waals surface area (Å²) in [6, 6.07) is 13.1. The van der Waals surface area contributed by atoms with E-state index in [0.29, 0.717) is 54.4 Å². The lowest BCUT2D eigenvalue weighted by atomic mass is 10.2. The second-order valence-corrected chi connectivity index (χ2v) is 7.36. The lowest BCUT2D eigenvalue weighted by Crippen LogP contribution is -2.23. The Kier molecular flexibility index (Phi) is 4.82. The van der Waals surface area contributed by atoms with Gasteiger partial charge in [0.05, 0.1) is 11.0 Å². The third-order valence-corrected chi connectivity index (χ3v) is 5.31. The van der Waals surface area contributed by atoms with Crippen molar-refractivity contribution in [1.82, 2.24) is 8.97 Å². The fourth-order valence-corrected chi connectivity index (χ4v) is 3.89. The minimum atomic E-state index is -0.413. The van der Waals surface area contributed by atoms with Crippen molar-refractivity contribution in [1.29, 1.82) is 0 Å². The number of amides is 1. The molecule has 0 fully saturated rings. The first-order chi connectivity index (χ1) is 15.1. The molecule has 8 heteroatoms. The Morgan fingerprint density at radius 2 is 1.84 bits per heavy atom. The zero-order valence-corrected chi connectivity index (χ0v) is 16.6. The van der Waals surface area contributed by atoms with E-state index in [-0.39, 0.29) is 17.9 Å². The minimum absolute atomic E-state index is 0.177. The van der Waals surface area contributed by atoms with Crippen molar-refractivity contribution in [3.05, 3.63) is 70.9 Å². The number of halogens is 1. The molecule has 1 aliphatic heterocycles. The van der Waals surface area contributed by atoms with Gasteiger partial charge < -0.3 is 23.8 Å². The van der Waals surface area contributed by atoms with Gasteiger partial charge in [0.15, 0.2) is 11.5 Å². The zero-order valence-electron chi connectivity index (χ0n) is 16.6. The first-order valence-electron chi connectivity index (χ1n) is 10.1. The predicted molar refractivity (Wildman–Crippen MR) is 114 cm³/mol. The summed E-state index contributed by atoms with van der Waals surface area (Å²) in [6.07, 6.45) is 2.42. The van der Waals surface area contributed by atoms with Crippen LogP contribution in [0.25, 0.3) is 16.6 Å². The molecule has 1 amide bonds. The highest BCUT2D eigenvalue weighted by Gasteiger charge is 2.14. The first-order valence-corrected chi connectivity index (χ1v) is 10.1. The van der Waals surface area contributed by atoms with E-state index in [1.807, 2.05) is 0 Å². The van der Waals surface area contributed by atoms with E-state index < -0.39 is 5.82 Å². The standard InChI is InChI=1S/C23H20FN3O4/c24-15-5-7-17-19(13-15)27(23(29)18-3-1-9-26(17)18)10-2-4-22(28)25-16-6-8-20-21(14-16)31-12-11-30-20/h1,3,5-9,13-14H,2,4,10-12H2,(H,25,28). The number of rotatable bonds is 5. The van der Waals surface area contributed by atoms with Crippen molar-refractivity contribution in [3.8, 4) is 11.5 Å². The van der Waals surface area contributed by atoms with Crippen LogP contribution >= 0.6 is 0 Å². The van der Waals surface area contributed by atoms with E-state index in [4.69, 9.17) is 9.47 Å². The molecule has 7 nitrogen and oxygen atoms in total. The lowest BCUT2D eigenvalue weighted by Gasteiger charge is -2.19. The topological polar surface area (TPSA) is 74.0 Å². The summed E-state index contributed by atoms with van der Waals surface area (Å²) >= 11 is 0. The molecule has 0 radical (unpaired) electrons. The largest absolute Gasteiger partial charge is 0.486 e. The second-order valence-electron chi connectivity index (χ2n) is 7.36. The Morgan fingerprint density at radius 1 is 1.00 bits per heavy atom. The number of benzene rings is 2. The van der Waals surface area contributed by atoms with Crippen LogP contribution in [-0.4, -0.2) is 28.1 Å². The van der Waals surface area contributed by atoms with Gasteiger partial charge in [0.25, 0.3) is 5.56 Å². The van der Waals surface area contributed by atoms with Gasteiger partial charge in [-0.1, -0.05) is 0 Å². The number of carbonyl (C=O) groups excluding carboxylic acids is 1. The first kappa shape index (κ1) is 19.2. The van der Waals surface area contributed by atoms with Crippen LogP contribution < -0.4 is 20.3 Å². The molecule has 2 aromatic heterocycles. The third kappa shape index (κ3) is 3.61. The lowest BCUT2D eigenvalue weighted by molar-refractivity contribution is -0.116. The van der Waals surface area contributed by atoms with Crippen molar-refractivity contribution in [3.63, 3.8) is 0 Å². The van der Waals surface area contributed by atoms with E-state index in [9.17, 15) is 14.0 Å². The monoisotopic (exact) mass is 421 g/mol. The van der Waals surface area contributed by atoms with Gasteiger partial charge >= 0.3 is 0 Å². The number of ether oxygens (including phenoxy) is 2. The Morgan fingerprint density at radius 3 is 2.71 bits per heavy atom. The molecule has 0 saturated heterocycles. The highest BCUT2D eigenvalue weighted by atomic mass is 19.1. The molecule has 3 heterocycles. The molecule has 0 aliphatic carbocycles. The molecule has 2 aromatic carbocycles. The molecule has 0 spiro atoms. The molecule has 5 rings (SSSR count). The fraction of sp³-hybridized carbons (Fsp3) is 0.217. The zero-order chi connectivity index (χ0) is 21.4. The molecule has 0 bridgehead atoms. The Balaban J connectivity index is 1.32. The van der Waals surface area contributed by atoms with Crippen LogP contribution in [0, 0.1) is 5.82 Å². The molecule has 158 valence electrons. The predicted octanol–water partition coefficient (Wildman–Crippen LogP) is 3.58. The number of nitrogens with one attached hydrogen (secondary N) is 1. The maximum Gasteiger partial charge on any atom is 0.275 e. The van der Waals surface area contributed by atoms with Crippen molar-refractivity contribution in [2.75, 3.05) is 18.5 Å². The van der Waals surface area contributed by atoms with E-state index >= 15 is 0 Å². The molecule has 0 atom stereocenters. The molecule has 0 saturated carbocycles. The van der Waals surface area contributed by atoms with Crippen LogP contribution in [0.5, 0.6) is 11.5 Å². The number of aromatic nitrogens is 2. The number of nitrogens with zero attached hydrogens (tertiary/aromatic N) is 2. The van der Waals surface area contributed by atoms with Crippen LogP contribution in [0.3, 0.4) is 0 Å². The molecular formula is C23H20FN3O4. The van der Waals surface area contributed by atoms with Crippen LogP contribution in [0.4, 0.5) is 10.1 Å². The number of hydrogen-bond donors (Lipinski definition) is 1. The van der Waals surface area contributed by atoms with Crippen LogP contribution in [-0.2, 0) is 11.3 Å². The summed E-state index contributed by atoms with van der Waals surface area (Å²) < 4.78 is 28.2. The van der Waals surface area contributed by atoms with Crippen molar-refractivity contribution < 1.29 is 18.7 Å². The van der Waals surface area contributed by atoms with Gasteiger partial charge in [0.2, 0.25) is 5.91 Å². The van der Waals surface area contributed by atoms with E-state index in [0.717, 1.165) is 5.52 Å². The van der Waals surface area contributed by atoms with Crippen LogP contribution in [0.2, 0.25) is 0 Å². The Labute approximate surface area is 176 Å². The smallest absolute Gasteiger partial charge is 0.275 e. The van der Waals surface area contributed by atoms with Gasteiger partial charge in [0.1, 0.15) is 24.5 Å². The van der Waals surface area contributed by atoms with Crippen LogP contribution in [0.15, 0.2) is 59.5 Å². The molecule has 1 aliphatic rings. The average molecular weight is 421 g/mol. The third-order valence-electron chi connectivity index (χ3n) is 5.31. The summed E-state index contributed by atoms with van der Waals surface area (Å²) in [7, 11) is 0. The quantitative estimate of drug-likeness (QED) is 0.535. The molecule has 31 heavy (non-hydrogen) atoms. The second kappa shape index (κ2) is 7.79. The van der Waals surface area contributed by atoms with Gasteiger partial charge in [-0.2, -0.15) is 0 Å².